The van der Waals surface area contributed by atoms with Gasteiger partial charge in [-0.2, -0.15) is 0 Å². The average Bonchev–Trinajstić information content (AvgIpc) is 3.12. The van der Waals surface area contributed by atoms with Crippen molar-refractivity contribution in [1.29, 1.82) is 0 Å². The Morgan fingerprint density at radius 3 is 2.77 bits per heavy atom. The number of esters is 1. The van der Waals surface area contributed by atoms with E-state index in [1.807, 2.05) is 30.3 Å². The summed E-state index contributed by atoms with van der Waals surface area (Å²) in [4.78, 5) is 28.3. The van der Waals surface area contributed by atoms with Crippen molar-refractivity contribution in [1.82, 2.24) is 4.98 Å². The molecule has 2 aromatic carbocycles. The summed E-state index contributed by atoms with van der Waals surface area (Å²) in [6, 6.07) is 14.5. The highest BCUT2D eigenvalue weighted by Gasteiger charge is 2.15. The number of anilines is 1. The second-order valence-corrected chi connectivity index (χ2v) is 7.61. The van der Waals surface area contributed by atoms with Gasteiger partial charge in [0.15, 0.2) is 12.3 Å². The Hall–Kier alpha value is -1.97. The number of hydrogen-bond acceptors (Lipinski definition) is 5. The number of carbonyl (C=O) groups excluding carboxylic acids is 2. The van der Waals surface area contributed by atoms with Crippen molar-refractivity contribution >= 4 is 63.1 Å². The molecule has 8 heteroatoms. The van der Waals surface area contributed by atoms with Crippen LogP contribution in [0.25, 0.3) is 10.6 Å². The molecule has 0 saturated carbocycles. The first kappa shape index (κ1) is 18.8. The molecule has 0 atom stereocenters. The zero-order valence-electron chi connectivity index (χ0n) is 13.2. The van der Waals surface area contributed by atoms with Crippen LogP contribution < -0.4 is 5.32 Å². The van der Waals surface area contributed by atoms with Gasteiger partial charge in [-0.05, 0) is 46.9 Å². The molecular formula is C18H12ClIN2O3S. The maximum absolute atomic E-state index is 12.1. The van der Waals surface area contributed by atoms with Gasteiger partial charge in [-0.1, -0.05) is 35.9 Å². The van der Waals surface area contributed by atoms with Crippen molar-refractivity contribution in [2.24, 2.45) is 0 Å². The Balaban J connectivity index is 1.59. The number of nitrogens with one attached hydrogen (secondary N) is 1. The quantitative estimate of drug-likeness (QED) is 0.403. The topological polar surface area (TPSA) is 68.3 Å². The second kappa shape index (κ2) is 8.61. The Morgan fingerprint density at radius 2 is 2.00 bits per heavy atom. The lowest BCUT2D eigenvalue weighted by atomic mass is 10.2. The number of amides is 1. The maximum atomic E-state index is 12.1. The minimum absolute atomic E-state index is 0.159. The van der Waals surface area contributed by atoms with Crippen molar-refractivity contribution in [3.05, 3.63) is 68.2 Å². The SMILES string of the molecule is O=C(COC(=O)c1csc(-c2cccc(Cl)c2)n1)Nc1ccccc1I. The molecule has 0 fully saturated rings. The number of nitrogens with zero attached hydrogens (tertiary/aromatic N) is 1. The van der Waals surface area contributed by atoms with Crippen LogP contribution in [0.15, 0.2) is 53.9 Å². The van der Waals surface area contributed by atoms with Crippen molar-refractivity contribution in [2.75, 3.05) is 11.9 Å². The molecule has 3 rings (SSSR count). The van der Waals surface area contributed by atoms with Gasteiger partial charge >= 0.3 is 5.97 Å². The molecule has 0 radical (unpaired) electrons. The van der Waals surface area contributed by atoms with E-state index >= 15 is 0 Å². The van der Waals surface area contributed by atoms with Gasteiger partial charge in [0.2, 0.25) is 0 Å². The molecule has 0 spiro atoms. The molecule has 0 unspecified atom stereocenters. The summed E-state index contributed by atoms with van der Waals surface area (Å²) in [7, 11) is 0. The van der Waals surface area contributed by atoms with Gasteiger partial charge in [0.25, 0.3) is 5.91 Å². The maximum Gasteiger partial charge on any atom is 0.358 e. The second-order valence-electron chi connectivity index (χ2n) is 5.15. The van der Waals surface area contributed by atoms with Gasteiger partial charge in [0.05, 0.1) is 5.69 Å². The minimum atomic E-state index is -0.646. The van der Waals surface area contributed by atoms with Gasteiger partial charge in [0, 0.05) is 19.5 Å². The third kappa shape index (κ3) is 4.80. The van der Waals surface area contributed by atoms with Crippen LogP contribution in [0, 0.1) is 3.57 Å². The van der Waals surface area contributed by atoms with Crippen LogP contribution in [0.2, 0.25) is 5.02 Å². The average molecular weight is 499 g/mol. The van der Waals surface area contributed by atoms with E-state index < -0.39 is 11.9 Å². The summed E-state index contributed by atoms with van der Waals surface area (Å²) < 4.78 is 5.94. The van der Waals surface area contributed by atoms with Gasteiger partial charge in [-0.25, -0.2) is 9.78 Å². The number of benzene rings is 2. The number of ether oxygens (including phenoxy) is 1. The highest BCUT2D eigenvalue weighted by Crippen LogP contribution is 2.26. The first-order chi connectivity index (χ1) is 12.5. The van der Waals surface area contributed by atoms with Crippen molar-refractivity contribution in [3.63, 3.8) is 0 Å². The Labute approximate surface area is 172 Å². The Kier molecular flexibility index (Phi) is 6.23. The number of para-hydroxylation sites is 1. The van der Waals surface area contributed by atoms with Crippen LogP contribution in [0.4, 0.5) is 5.69 Å². The van der Waals surface area contributed by atoms with Crippen LogP contribution >= 0.6 is 45.5 Å². The summed E-state index contributed by atoms with van der Waals surface area (Å²) in [6.45, 7) is -0.381. The largest absolute Gasteiger partial charge is 0.451 e. The molecule has 0 saturated heterocycles. The van der Waals surface area contributed by atoms with Crippen LogP contribution in [0.3, 0.4) is 0 Å². The molecule has 132 valence electrons. The van der Waals surface area contributed by atoms with Gasteiger partial charge in [-0.3, -0.25) is 4.79 Å². The molecule has 1 amide bonds. The standard InChI is InChI=1S/C18H12ClIN2O3S/c19-12-5-3-4-11(8-12)17-22-15(10-26-17)18(24)25-9-16(23)21-14-7-2-1-6-13(14)20/h1-8,10H,9H2,(H,21,23). The van der Waals surface area contributed by atoms with E-state index in [0.717, 1.165) is 9.13 Å². The fourth-order valence-electron chi connectivity index (χ4n) is 2.08. The Morgan fingerprint density at radius 1 is 1.19 bits per heavy atom. The predicted octanol–water partition coefficient (Wildman–Crippen LogP) is 4.86. The monoisotopic (exact) mass is 498 g/mol. The summed E-state index contributed by atoms with van der Waals surface area (Å²) in [5, 5.41) is 5.54. The number of rotatable bonds is 5. The molecule has 1 aromatic heterocycles. The smallest absolute Gasteiger partial charge is 0.358 e. The minimum Gasteiger partial charge on any atom is -0.451 e. The first-order valence-electron chi connectivity index (χ1n) is 7.46. The summed E-state index contributed by atoms with van der Waals surface area (Å²) in [6.07, 6.45) is 0. The van der Waals surface area contributed by atoms with E-state index in [4.69, 9.17) is 16.3 Å². The highest BCUT2D eigenvalue weighted by atomic mass is 127. The molecule has 0 bridgehead atoms. The number of halogens is 2. The van der Waals surface area contributed by atoms with E-state index in [9.17, 15) is 9.59 Å². The van der Waals surface area contributed by atoms with Crippen molar-refractivity contribution in [3.8, 4) is 10.6 Å². The molecular weight excluding hydrogens is 487 g/mol. The van der Waals surface area contributed by atoms with Gasteiger partial charge < -0.3 is 10.1 Å². The van der Waals surface area contributed by atoms with Crippen LogP contribution in [0.5, 0.6) is 0 Å². The van der Waals surface area contributed by atoms with E-state index in [-0.39, 0.29) is 12.3 Å². The van der Waals surface area contributed by atoms with Crippen LogP contribution in [-0.4, -0.2) is 23.5 Å². The zero-order chi connectivity index (χ0) is 18.5. The highest BCUT2D eigenvalue weighted by molar-refractivity contribution is 14.1. The zero-order valence-corrected chi connectivity index (χ0v) is 17.0. The Bertz CT molecular complexity index is 961. The molecule has 0 aliphatic heterocycles. The summed E-state index contributed by atoms with van der Waals surface area (Å²) in [5.74, 6) is -1.06. The van der Waals surface area contributed by atoms with E-state index in [1.165, 1.54) is 11.3 Å². The van der Waals surface area contributed by atoms with Gasteiger partial charge in [0.1, 0.15) is 5.01 Å². The molecule has 5 nitrogen and oxygen atoms in total. The first-order valence-corrected chi connectivity index (χ1v) is 9.79. The lowest BCUT2D eigenvalue weighted by Crippen LogP contribution is -2.21. The van der Waals surface area contributed by atoms with Crippen LogP contribution in [0.1, 0.15) is 10.5 Å². The van der Waals surface area contributed by atoms with E-state index in [0.29, 0.717) is 15.7 Å². The van der Waals surface area contributed by atoms with Crippen LogP contribution in [-0.2, 0) is 9.53 Å². The molecule has 0 aliphatic carbocycles. The fraction of sp³-hybridized carbons (Fsp3) is 0.0556. The lowest BCUT2D eigenvalue weighted by Gasteiger charge is -2.07. The number of hydrogen-bond donors (Lipinski definition) is 1. The summed E-state index contributed by atoms with van der Waals surface area (Å²) >= 11 is 9.39. The number of aromatic nitrogens is 1. The third-order valence-electron chi connectivity index (χ3n) is 3.27. The molecule has 3 aromatic rings. The van der Waals surface area contributed by atoms with E-state index in [2.05, 4.69) is 32.9 Å². The van der Waals surface area contributed by atoms with E-state index in [1.54, 1.807) is 23.6 Å². The lowest BCUT2D eigenvalue weighted by molar-refractivity contribution is -0.119. The molecule has 1 N–H and O–H groups in total. The molecule has 1 heterocycles. The number of carbonyl (C=O) groups is 2. The van der Waals surface area contributed by atoms with Gasteiger partial charge in [-0.15, -0.1) is 11.3 Å². The fourth-order valence-corrected chi connectivity index (χ4v) is 3.57. The summed E-state index contributed by atoms with van der Waals surface area (Å²) in [5.41, 5.74) is 1.65. The normalized spacial score (nSPS) is 10.4. The third-order valence-corrected chi connectivity index (χ3v) is 5.33. The van der Waals surface area contributed by atoms with Crippen molar-refractivity contribution < 1.29 is 14.3 Å². The molecule has 0 aliphatic rings. The number of thiazole rings is 1. The molecule has 26 heavy (non-hydrogen) atoms. The van der Waals surface area contributed by atoms with Crippen molar-refractivity contribution in [2.45, 2.75) is 0 Å². The predicted molar refractivity (Wildman–Crippen MR) is 111 cm³/mol.